The number of hydrogen-bond acceptors (Lipinski definition) is 1. The number of hydrogen-bond donors (Lipinski definition) is 0. The Balaban J connectivity index is 1.49. The van der Waals surface area contributed by atoms with Crippen LogP contribution in [0.15, 0.2) is 114 Å². The van der Waals surface area contributed by atoms with Crippen LogP contribution in [0.4, 0.5) is 0 Å². The number of pyridine rings is 1. The van der Waals surface area contributed by atoms with Gasteiger partial charge in [0.15, 0.2) is 0 Å². The van der Waals surface area contributed by atoms with Crippen LogP contribution in [0.2, 0.25) is 0 Å². The summed E-state index contributed by atoms with van der Waals surface area (Å²) in [4.78, 5) is 13.6. The van der Waals surface area contributed by atoms with Gasteiger partial charge in [-0.05, 0) is 51.4 Å². The smallest absolute Gasteiger partial charge is 0.263 e. The first kappa shape index (κ1) is 18.0. The fourth-order valence-corrected chi connectivity index (χ4v) is 6.23. The summed E-state index contributed by atoms with van der Waals surface area (Å²) < 4.78 is 1.92. The minimum Gasteiger partial charge on any atom is -0.275 e. The lowest BCUT2D eigenvalue weighted by Gasteiger charge is -2.14. The summed E-state index contributed by atoms with van der Waals surface area (Å²) in [6.07, 6.45) is 0. The highest BCUT2D eigenvalue weighted by Gasteiger charge is 2.29. The van der Waals surface area contributed by atoms with Gasteiger partial charge in [0.2, 0.25) is 0 Å². The van der Waals surface area contributed by atoms with Crippen LogP contribution in [0, 0.1) is 0 Å². The van der Waals surface area contributed by atoms with Crippen LogP contribution in [0.1, 0.15) is 22.6 Å². The van der Waals surface area contributed by atoms with E-state index in [1.54, 1.807) is 0 Å². The van der Waals surface area contributed by atoms with Crippen LogP contribution in [-0.4, -0.2) is 4.40 Å². The molecule has 0 amide bonds. The highest BCUT2D eigenvalue weighted by atomic mass is 16.1. The zero-order valence-corrected chi connectivity index (χ0v) is 18.3. The summed E-state index contributed by atoms with van der Waals surface area (Å²) in [5.74, 6) is 0.191. The van der Waals surface area contributed by atoms with Crippen molar-refractivity contribution < 1.29 is 0 Å². The van der Waals surface area contributed by atoms with E-state index in [4.69, 9.17) is 0 Å². The zero-order chi connectivity index (χ0) is 22.4. The molecule has 2 nitrogen and oxygen atoms in total. The number of fused-ring (bicyclic) bond motifs is 8. The van der Waals surface area contributed by atoms with Gasteiger partial charge in [-0.3, -0.25) is 9.20 Å². The lowest BCUT2D eigenvalue weighted by atomic mass is 9.88. The van der Waals surface area contributed by atoms with Gasteiger partial charge in [-0.25, -0.2) is 0 Å². The standard InChI is InChI=1S/C32H19NO/c34-32-27-13-6-3-10-22(27)25-14-7-15-26-28-18-19(16-17-29(28)33(32)31(25)26)30-23-11-4-1-8-20(23)21-9-2-5-12-24(21)30/h1-18,30H. The Morgan fingerprint density at radius 1 is 0.529 bits per heavy atom. The first-order chi connectivity index (χ1) is 16.8. The second-order valence-corrected chi connectivity index (χ2v) is 9.27. The zero-order valence-electron chi connectivity index (χ0n) is 18.3. The Morgan fingerprint density at radius 2 is 1.12 bits per heavy atom. The molecule has 0 bridgehead atoms. The van der Waals surface area contributed by atoms with Gasteiger partial charge >= 0.3 is 0 Å². The highest BCUT2D eigenvalue weighted by Crippen LogP contribution is 2.48. The maximum Gasteiger partial charge on any atom is 0.263 e. The molecular weight excluding hydrogens is 414 g/mol. The highest BCUT2D eigenvalue weighted by molar-refractivity contribution is 6.20. The molecule has 0 N–H and O–H groups in total. The van der Waals surface area contributed by atoms with Crippen molar-refractivity contribution in [2.24, 2.45) is 0 Å². The summed E-state index contributed by atoms with van der Waals surface area (Å²) in [5, 5.41) is 5.19. The second-order valence-electron chi connectivity index (χ2n) is 9.27. The molecule has 34 heavy (non-hydrogen) atoms. The fourth-order valence-electron chi connectivity index (χ4n) is 6.23. The molecular formula is C32H19NO. The topological polar surface area (TPSA) is 21.5 Å². The maximum absolute atomic E-state index is 13.6. The average Bonchev–Trinajstić information content (AvgIpc) is 3.41. The van der Waals surface area contributed by atoms with E-state index in [0.29, 0.717) is 0 Å². The molecule has 0 radical (unpaired) electrons. The van der Waals surface area contributed by atoms with Crippen LogP contribution in [0.25, 0.3) is 49.1 Å². The van der Waals surface area contributed by atoms with E-state index in [1.807, 2.05) is 22.6 Å². The van der Waals surface area contributed by atoms with Crippen LogP contribution in [-0.2, 0) is 0 Å². The predicted octanol–water partition coefficient (Wildman–Crippen LogP) is 7.36. The van der Waals surface area contributed by atoms with Crippen molar-refractivity contribution in [3.05, 3.63) is 136 Å². The Kier molecular flexibility index (Phi) is 3.36. The summed E-state index contributed by atoms with van der Waals surface area (Å²) in [5.41, 5.74) is 8.64. The first-order valence-electron chi connectivity index (χ1n) is 11.7. The fraction of sp³-hybridized carbons (Fsp3) is 0.0312. The molecule has 0 aliphatic heterocycles. The summed E-state index contributed by atoms with van der Waals surface area (Å²) >= 11 is 0. The minimum atomic E-state index is 0.0543. The van der Waals surface area contributed by atoms with Crippen molar-refractivity contribution in [3.63, 3.8) is 0 Å². The number of aromatic nitrogens is 1. The summed E-state index contributed by atoms with van der Waals surface area (Å²) in [6.45, 7) is 0. The second kappa shape index (κ2) is 6.33. The minimum absolute atomic E-state index is 0.0543. The molecule has 0 unspecified atom stereocenters. The van der Waals surface area contributed by atoms with Gasteiger partial charge < -0.3 is 0 Å². The van der Waals surface area contributed by atoms with E-state index < -0.39 is 0 Å². The van der Waals surface area contributed by atoms with Crippen molar-refractivity contribution in [1.29, 1.82) is 0 Å². The third kappa shape index (κ3) is 2.13. The van der Waals surface area contributed by atoms with Crippen molar-refractivity contribution in [2.45, 2.75) is 5.92 Å². The Morgan fingerprint density at radius 3 is 1.85 bits per heavy atom. The van der Waals surface area contributed by atoms with E-state index in [2.05, 4.69) is 91.0 Å². The van der Waals surface area contributed by atoms with E-state index in [0.717, 1.165) is 38.0 Å². The molecule has 158 valence electrons. The molecule has 2 heterocycles. The molecule has 1 aliphatic carbocycles. The van der Waals surface area contributed by atoms with Crippen LogP contribution in [0.5, 0.6) is 0 Å². The van der Waals surface area contributed by atoms with Gasteiger partial charge in [0, 0.05) is 27.5 Å². The normalized spacial score (nSPS) is 13.3. The number of para-hydroxylation sites is 1. The number of benzene rings is 5. The SMILES string of the molecule is O=c1c2ccccc2c2cccc3c4cc(C5c6ccccc6-c6ccccc65)ccc4n1c23. The van der Waals surface area contributed by atoms with Crippen LogP contribution in [0.3, 0.4) is 0 Å². The van der Waals surface area contributed by atoms with Gasteiger partial charge in [0.05, 0.1) is 11.0 Å². The van der Waals surface area contributed by atoms with Gasteiger partial charge in [-0.15, -0.1) is 0 Å². The lowest BCUT2D eigenvalue weighted by Crippen LogP contribution is -2.12. The van der Waals surface area contributed by atoms with Crippen molar-refractivity contribution in [2.75, 3.05) is 0 Å². The lowest BCUT2D eigenvalue weighted by molar-refractivity contribution is 1.02. The molecule has 0 saturated carbocycles. The third-order valence-electron chi connectivity index (χ3n) is 7.63. The first-order valence-corrected chi connectivity index (χ1v) is 11.7. The molecule has 7 aromatic rings. The predicted molar refractivity (Wildman–Crippen MR) is 140 cm³/mol. The molecule has 2 aromatic heterocycles. The average molecular weight is 434 g/mol. The number of nitrogens with zero attached hydrogens (tertiary/aromatic N) is 1. The number of rotatable bonds is 1. The van der Waals surface area contributed by atoms with Crippen molar-refractivity contribution in [1.82, 2.24) is 4.40 Å². The quantitative estimate of drug-likeness (QED) is 0.248. The molecule has 8 rings (SSSR count). The van der Waals surface area contributed by atoms with Crippen molar-refractivity contribution >= 4 is 38.0 Å². The molecule has 5 aromatic carbocycles. The van der Waals surface area contributed by atoms with Gasteiger partial charge in [-0.1, -0.05) is 91.0 Å². The Hall–Kier alpha value is -4.43. The molecule has 0 atom stereocenters. The molecule has 0 spiro atoms. The summed E-state index contributed by atoms with van der Waals surface area (Å²) in [7, 11) is 0. The Labute approximate surface area is 195 Å². The van der Waals surface area contributed by atoms with Crippen molar-refractivity contribution in [3.8, 4) is 11.1 Å². The van der Waals surface area contributed by atoms with Crippen LogP contribution < -0.4 is 5.56 Å². The molecule has 0 saturated heterocycles. The van der Waals surface area contributed by atoms with E-state index in [1.165, 1.54) is 27.8 Å². The van der Waals surface area contributed by atoms with Gasteiger partial charge in [0.1, 0.15) is 0 Å². The van der Waals surface area contributed by atoms with E-state index in [9.17, 15) is 4.79 Å². The van der Waals surface area contributed by atoms with E-state index >= 15 is 0 Å². The molecule has 2 heteroatoms. The van der Waals surface area contributed by atoms with Gasteiger partial charge in [0.25, 0.3) is 5.56 Å². The Bertz CT molecular complexity index is 1950. The third-order valence-corrected chi connectivity index (χ3v) is 7.63. The monoisotopic (exact) mass is 433 g/mol. The summed E-state index contributed by atoms with van der Waals surface area (Å²) in [6, 6.07) is 38.5. The van der Waals surface area contributed by atoms with Crippen LogP contribution >= 0.6 is 0 Å². The maximum atomic E-state index is 13.6. The van der Waals surface area contributed by atoms with Gasteiger partial charge in [-0.2, -0.15) is 0 Å². The van der Waals surface area contributed by atoms with E-state index in [-0.39, 0.29) is 11.5 Å². The molecule has 0 fully saturated rings. The molecule has 1 aliphatic rings. The largest absolute Gasteiger partial charge is 0.275 e.